The predicted octanol–water partition coefficient (Wildman–Crippen LogP) is 4.02. The van der Waals surface area contributed by atoms with Crippen LogP contribution in [0.25, 0.3) is 0 Å². The van der Waals surface area contributed by atoms with Crippen LogP contribution in [0, 0.1) is 13.8 Å². The van der Waals surface area contributed by atoms with E-state index in [0.717, 1.165) is 28.0 Å². The zero-order valence-electron chi connectivity index (χ0n) is 13.0. The van der Waals surface area contributed by atoms with Gasteiger partial charge in [0.15, 0.2) is 0 Å². The Morgan fingerprint density at radius 2 is 1.85 bits per heavy atom. The van der Waals surface area contributed by atoms with Gasteiger partial charge in [-0.25, -0.2) is 15.0 Å². The lowest BCUT2D eigenvalue weighted by Gasteiger charge is -2.15. The largest absolute Gasteiger partial charge is 0.361 e. The second kappa shape index (κ2) is 5.48. The first-order valence-corrected chi connectivity index (χ1v) is 7.68. The van der Waals surface area contributed by atoms with Gasteiger partial charge in [0.1, 0.15) is 16.6 Å². The molecule has 0 radical (unpaired) electrons. The molecule has 0 bridgehead atoms. The minimum atomic E-state index is 0.0938. The molecule has 0 aliphatic carbocycles. The van der Waals surface area contributed by atoms with Crippen LogP contribution >= 0.6 is 11.3 Å². The third-order valence-corrected chi connectivity index (χ3v) is 4.02. The number of hydrogen-bond donors (Lipinski definition) is 1. The molecule has 0 fully saturated rings. The molecule has 20 heavy (non-hydrogen) atoms. The molecule has 0 saturated heterocycles. The van der Waals surface area contributed by atoms with Gasteiger partial charge in [0.25, 0.3) is 0 Å². The maximum absolute atomic E-state index is 4.74. The lowest BCUT2D eigenvalue weighted by Crippen LogP contribution is -2.13. The first kappa shape index (κ1) is 14.9. The number of nitrogens with zero attached hydrogens (tertiary/aromatic N) is 3. The second-order valence-electron chi connectivity index (χ2n) is 6.13. The number of anilines is 1. The maximum Gasteiger partial charge on any atom is 0.130 e. The van der Waals surface area contributed by atoms with E-state index in [1.165, 1.54) is 0 Å². The summed E-state index contributed by atoms with van der Waals surface area (Å²) in [5.74, 6) is 1.64. The third kappa shape index (κ3) is 3.54. The Bertz CT molecular complexity index is 578. The number of hydrogen-bond acceptors (Lipinski definition) is 5. The molecule has 0 amide bonds. The van der Waals surface area contributed by atoms with Crippen molar-refractivity contribution in [1.82, 2.24) is 15.0 Å². The molecule has 1 N–H and O–H groups in total. The molecule has 2 heterocycles. The Balaban J connectivity index is 2.15. The van der Waals surface area contributed by atoms with E-state index in [-0.39, 0.29) is 11.5 Å². The third-order valence-electron chi connectivity index (χ3n) is 2.99. The van der Waals surface area contributed by atoms with E-state index in [0.29, 0.717) is 0 Å². The zero-order valence-corrected chi connectivity index (χ0v) is 13.8. The molecule has 2 aromatic rings. The van der Waals surface area contributed by atoms with Gasteiger partial charge in [-0.1, -0.05) is 20.8 Å². The van der Waals surface area contributed by atoms with Crippen LogP contribution < -0.4 is 5.32 Å². The number of aromatic nitrogens is 3. The van der Waals surface area contributed by atoms with E-state index in [4.69, 9.17) is 4.98 Å². The van der Waals surface area contributed by atoms with E-state index in [2.05, 4.69) is 48.4 Å². The van der Waals surface area contributed by atoms with Crippen molar-refractivity contribution in [3.63, 3.8) is 0 Å². The fourth-order valence-electron chi connectivity index (χ4n) is 1.91. The van der Waals surface area contributed by atoms with Crippen LogP contribution in [0.1, 0.15) is 56.0 Å². The number of rotatable bonds is 3. The quantitative estimate of drug-likeness (QED) is 0.927. The van der Waals surface area contributed by atoms with Gasteiger partial charge in [-0.15, -0.1) is 11.3 Å². The molecule has 4 nitrogen and oxygen atoms in total. The van der Waals surface area contributed by atoms with E-state index in [1.807, 2.05) is 19.9 Å². The molecule has 108 valence electrons. The van der Waals surface area contributed by atoms with Crippen LogP contribution in [-0.2, 0) is 5.41 Å². The van der Waals surface area contributed by atoms with Gasteiger partial charge in [-0.05, 0) is 20.8 Å². The highest BCUT2D eigenvalue weighted by Crippen LogP contribution is 2.28. The van der Waals surface area contributed by atoms with E-state index >= 15 is 0 Å². The Morgan fingerprint density at radius 1 is 1.15 bits per heavy atom. The van der Waals surface area contributed by atoms with E-state index < -0.39 is 0 Å². The van der Waals surface area contributed by atoms with Crippen molar-refractivity contribution in [3.8, 4) is 0 Å². The first-order chi connectivity index (χ1) is 9.25. The Morgan fingerprint density at radius 3 is 2.40 bits per heavy atom. The van der Waals surface area contributed by atoms with Gasteiger partial charge in [-0.3, -0.25) is 0 Å². The summed E-state index contributed by atoms with van der Waals surface area (Å²) < 4.78 is 0. The fraction of sp³-hybridized carbons (Fsp3) is 0.533. The molecule has 0 aliphatic heterocycles. The summed E-state index contributed by atoms with van der Waals surface area (Å²) in [7, 11) is 0. The first-order valence-electron chi connectivity index (χ1n) is 6.80. The SMILES string of the molecule is Cc1cc(NC(C)c2nc(C(C)(C)C)cs2)nc(C)n1. The minimum absolute atomic E-state index is 0.0938. The Labute approximate surface area is 124 Å². The summed E-state index contributed by atoms with van der Waals surface area (Å²) in [6, 6.07) is 2.10. The highest BCUT2D eigenvalue weighted by Gasteiger charge is 2.19. The summed E-state index contributed by atoms with van der Waals surface area (Å²) in [4.78, 5) is 13.4. The van der Waals surface area contributed by atoms with Crippen LogP contribution in [0.4, 0.5) is 5.82 Å². The molecule has 0 saturated carbocycles. The van der Waals surface area contributed by atoms with Crippen molar-refractivity contribution >= 4 is 17.2 Å². The summed E-state index contributed by atoms with van der Waals surface area (Å²) in [5, 5.41) is 6.63. The van der Waals surface area contributed by atoms with Crippen molar-refractivity contribution in [3.05, 3.63) is 33.7 Å². The minimum Gasteiger partial charge on any atom is -0.361 e. The number of thiazole rings is 1. The van der Waals surface area contributed by atoms with Gasteiger partial charge < -0.3 is 5.32 Å². The van der Waals surface area contributed by atoms with E-state index in [9.17, 15) is 0 Å². The van der Waals surface area contributed by atoms with E-state index in [1.54, 1.807) is 11.3 Å². The Kier molecular flexibility index (Phi) is 4.09. The van der Waals surface area contributed by atoms with Gasteiger partial charge in [0.05, 0.1) is 11.7 Å². The average molecular weight is 290 g/mol. The summed E-state index contributed by atoms with van der Waals surface area (Å²) in [6.45, 7) is 12.5. The highest BCUT2D eigenvalue weighted by molar-refractivity contribution is 7.09. The van der Waals surface area contributed by atoms with Gasteiger partial charge in [0.2, 0.25) is 0 Å². The topological polar surface area (TPSA) is 50.7 Å². The zero-order chi connectivity index (χ0) is 14.9. The molecule has 0 spiro atoms. The molecule has 1 atom stereocenters. The molecule has 2 rings (SSSR count). The van der Waals surface area contributed by atoms with Crippen molar-refractivity contribution in [2.45, 2.75) is 53.0 Å². The standard InChI is InChI=1S/C15H22N4S/c1-9-7-13(18-11(3)16-9)17-10(2)14-19-12(8-20-14)15(4,5)6/h7-8,10H,1-6H3,(H,16,17,18). The number of aryl methyl sites for hydroxylation is 2. The van der Waals surface area contributed by atoms with Crippen LogP contribution in [0.2, 0.25) is 0 Å². The molecular formula is C15H22N4S. The normalized spacial score (nSPS) is 13.3. The maximum atomic E-state index is 4.74. The highest BCUT2D eigenvalue weighted by atomic mass is 32.1. The molecular weight excluding hydrogens is 268 g/mol. The molecule has 1 unspecified atom stereocenters. The predicted molar refractivity (Wildman–Crippen MR) is 84.4 cm³/mol. The molecule has 2 aromatic heterocycles. The smallest absolute Gasteiger partial charge is 0.130 e. The van der Waals surface area contributed by atoms with Gasteiger partial charge in [-0.2, -0.15) is 0 Å². The lowest BCUT2D eigenvalue weighted by atomic mass is 9.93. The van der Waals surface area contributed by atoms with Gasteiger partial charge in [0, 0.05) is 22.6 Å². The summed E-state index contributed by atoms with van der Waals surface area (Å²) in [5.41, 5.74) is 2.21. The fourth-order valence-corrected chi connectivity index (χ4v) is 2.96. The number of nitrogens with one attached hydrogen (secondary N) is 1. The van der Waals surface area contributed by atoms with Crippen molar-refractivity contribution < 1.29 is 0 Å². The Hall–Kier alpha value is -1.49. The second-order valence-corrected chi connectivity index (χ2v) is 7.02. The lowest BCUT2D eigenvalue weighted by molar-refractivity contribution is 0.569. The van der Waals surface area contributed by atoms with Crippen molar-refractivity contribution in [2.75, 3.05) is 5.32 Å². The van der Waals surface area contributed by atoms with Crippen LogP contribution in [0.15, 0.2) is 11.4 Å². The molecule has 0 aromatic carbocycles. The van der Waals surface area contributed by atoms with Crippen LogP contribution in [0.5, 0.6) is 0 Å². The van der Waals surface area contributed by atoms with Crippen LogP contribution in [-0.4, -0.2) is 15.0 Å². The summed E-state index contributed by atoms with van der Waals surface area (Å²) in [6.07, 6.45) is 0. The van der Waals surface area contributed by atoms with Crippen molar-refractivity contribution in [2.24, 2.45) is 0 Å². The van der Waals surface area contributed by atoms with Gasteiger partial charge >= 0.3 is 0 Å². The molecule has 5 heteroatoms. The summed E-state index contributed by atoms with van der Waals surface area (Å²) >= 11 is 1.70. The molecule has 0 aliphatic rings. The van der Waals surface area contributed by atoms with Crippen LogP contribution in [0.3, 0.4) is 0 Å². The monoisotopic (exact) mass is 290 g/mol. The van der Waals surface area contributed by atoms with Crippen molar-refractivity contribution in [1.29, 1.82) is 0 Å². The average Bonchev–Trinajstić information content (AvgIpc) is 2.75.